The molecule has 0 N–H and O–H groups in total. The van der Waals surface area contributed by atoms with E-state index < -0.39 is 4.92 Å². The summed E-state index contributed by atoms with van der Waals surface area (Å²) in [5.74, 6) is 0.954. The normalized spacial score (nSPS) is 12.1. The van der Waals surface area contributed by atoms with Gasteiger partial charge in [0.05, 0.1) is 4.92 Å². The van der Waals surface area contributed by atoms with Crippen molar-refractivity contribution in [2.75, 3.05) is 0 Å². The molecule has 0 fully saturated rings. The first-order valence-electron chi connectivity index (χ1n) is 6.81. The molecule has 4 rings (SSSR count). The number of non-ortho nitro benzene ring substituents is 1. The highest BCUT2D eigenvalue weighted by atomic mass is 32.1. The highest BCUT2D eigenvalue weighted by Crippen LogP contribution is 2.25. The van der Waals surface area contributed by atoms with E-state index in [4.69, 9.17) is 4.42 Å². The van der Waals surface area contributed by atoms with Crippen molar-refractivity contribution in [1.82, 2.24) is 14.6 Å². The third kappa shape index (κ3) is 2.36. The lowest BCUT2D eigenvalue weighted by molar-refractivity contribution is -0.384. The minimum atomic E-state index is -0.461. The molecule has 118 valence electrons. The molecule has 0 saturated heterocycles. The van der Waals surface area contributed by atoms with Gasteiger partial charge in [-0.25, -0.2) is 4.98 Å². The van der Waals surface area contributed by atoms with Crippen LogP contribution < -0.4 is 10.1 Å². The van der Waals surface area contributed by atoms with E-state index in [1.165, 1.54) is 34.3 Å². The molecule has 8 nitrogen and oxygen atoms in total. The molecule has 24 heavy (non-hydrogen) atoms. The summed E-state index contributed by atoms with van der Waals surface area (Å²) in [5, 5.41) is 14.7. The Morgan fingerprint density at radius 3 is 2.96 bits per heavy atom. The van der Waals surface area contributed by atoms with E-state index in [0.29, 0.717) is 26.6 Å². The number of aromatic nitrogens is 3. The third-order valence-corrected chi connectivity index (χ3v) is 4.34. The zero-order valence-corrected chi connectivity index (χ0v) is 12.8. The van der Waals surface area contributed by atoms with E-state index in [1.807, 2.05) is 0 Å². The predicted molar refractivity (Wildman–Crippen MR) is 86.7 cm³/mol. The van der Waals surface area contributed by atoms with Gasteiger partial charge in [-0.2, -0.15) is 9.61 Å². The quantitative estimate of drug-likeness (QED) is 0.416. The van der Waals surface area contributed by atoms with E-state index in [9.17, 15) is 14.9 Å². The molecule has 0 radical (unpaired) electrons. The zero-order valence-electron chi connectivity index (χ0n) is 11.9. The van der Waals surface area contributed by atoms with Gasteiger partial charge in [0.1, 0.15) is 22.4 Å². The largest absolute Gasteiger partial charge is 0.457 e. The Morgan fingerprint density at radius 1 is 1.29 bits per heavy atom. The van der Waals surface area contributed by atoms with Crippen LogP contribution in [0.2, 0.25) is 0 Å². The monoisotopic (exact) mass is 340 g/mol. The van der Waals surface area contributed by atoms with Crippen molar-refractivity contribution in [3.63, 3.8) is 0 Å². The molecule has 3 aromatic heterocycles. The standard InChI is InChI=1S/C15H8N4O4S/c20-14-13(24-15-16-8-17-18(14)15)7-11-4-5-12(23-11)9-2-1-3-10(6-9)19(21)22/h1-8H/b13-7-. The maximum Gasteiger partial charge on any atom is 0.291 e. The van der Waals surface area contributed by atoms with Gasteiger partial charge in [0.15, 0.2) is 0 Å². The number of hydrogen-bond acceptors (Lipinski definition) is 7. The van der Waals surface area contributed by atoms with Crippen LogP contribution in [0.15, 0.2) is 51.9 Å². The van der Waals surface area contributed by atoms with Gasteiger partial charge in [-0.05, 0) is 12.1 Å². The molecule has 0 spiro atoms. The first kappa shape index (κ1) is 14.3. The number of rotatable bonds is 3. The molecule has 0 aliphatic rings. The summed E-state index contributed by atoms with van der Waals surface area (Å²) in [6.07, 6.45) is 2.93. The second-order valence-electron chi connectivity index (χ2n) is 4.88. The van der Waals surface area contributed by atoms with Crippen LogP contribution in [0.1, 0.15) is 5.76 Å². The summed E-state index contributed by atoms with van der Waals surface area (Å²) in [4.78, 5) is 27.0. The number of nitro benzene ring substituents is 1. The number of fused-ring (bicyclic) bond motifs is 1. The second kappa shape index (κ2) is 5.39. The Balaban J connectivity index is 1.75. The highest BCUT2D eigenvalue weighted by Gasteiger charge is 2.10. The number of nitro groups is 1. The van der Waals surface area contributed by atoms with Crippen LogP contribution in [0, 0.1) is 10.1 Å². The average molecular weight is 340 g/mol. The minimum Gasteiger partial charge on any atom is -0.457 e. The fourth-order valence-electron chi connectivity index (χ4n) is 2.26. The van der Waals surface area contributed by atoms with Crippen molar-refractivity contribution in [2.24, 2.45) is 0 Å². The summed E-state index contributed by atoms with van der Waals surface area (Å²) in [6.45, 7) is 0. The van der Waals surface area contributed by atoms with Crippen molar-refractivity contribution >= 4 is 28.1 Å². The van der Waals surface area contributed by atoms with E-state index in [-0.39, 0.29) is 11.2 Å². The second-order valence-corrected chi connectivity index (χ2v) is 5.89. The number of nitrogens with zero attached hydrogens (tertiary/aromatic N) is 4. The third-order valence-electron chi connectivity index (χ3n) is 3.36. The molecule has 0 aliphatic heterocycles. The number of thiazole rings is 1. The Kier molecular flexibility index (Phi) is 3.21. The number of hydrogen-bond donors (Lipinski definition) is 0. The van der Waals surface area contributed by atoms with Crippen molar-refractivity contribution < 1.29 is 9.34 Å². The average Bonchev–Trinajstić information content (AvgIpc) is 3.28. The summed E-state index contributed by atoms with van der Waals surface area (Å²) in [7, 11) is 0. The summed E-state index contributed by atoms with van der Waals surface area (Å²) < 4.78 is 7.35. The van der Waals surface area contributed by atoms with Gasteiger partial charge < -0.3 is 4.42 Å². The molecule has 0 bridgehead atoms. The molecular weight excluding hydrogens is 332 g/mol. The number of furan rings is 1. The van der Waals surface area contributed by atoms with Crippen LogP contribution in [-0.4, -0.2) is 19.5 Å². The lowest BCUT2D eigenvalue weighted by atomic mass is 10.1. The molecule has 3 heterocycles. The van der Waals surface area contributed by atoms with Gasteiger partial charge in [0.2, 0.25) is 4.96 Å². The smallest absolute Gasteiger partial charge is 0.291 e. The lowest BCUT2D eigenvalue weighted by Gasteiger charge is -1.96. The van der Waals surface area contributed by atoms with Crippen LogP contribution in [-0.2, 0) is 0 Å². The van der Waals surface area contributed by atoms with Crippen LogP contribution in [0.3, 0.4) is 0 Å². The molecular formula is C15H8N4O4S. The maximum atomic E-state index is 12.1. The highest BCUT2D eigenvalue weighted by molar-refractivity contribution is 7.15. The molecule has 0 atom stereocenters. The molecule has 0 amide bonds. The van der Waals surface area contributed by atoms with Gasteiger partial charge in [-0.3, -0.25) is 14.9 Å². The van der Waals surface area contributed by atoms with Crippen molar-refractivity contribution in [3.8, 4) is 11.3 Å². The summed E-state index contributed by atoms with van der Waals surface area (Å²) in [6, 6.07) is 9.56. The van der Waals surface area contributed by atoms with E-state index in [2.05, 4.69) is 10.1 Å². The Labute approximate surface area is 137 Å². The van der Waals surface area contributed by atoms with Gasteiger partial charge in [0.25, 0.3) is 11.2 Å². The first-order chi connectivity index (χ1) is 11.6. The Morgan fingerprint density at radius 2 is 2.17 bits per heavy atom. The van der Waals surface area contributed by atoms with Crippen molar-refractivity contribution in [2.45, 2.75) is 0 Å². The van der Waals surface area contributed by atoms with E-state index in [1.54, 1.807) is 30.3 Å². The SMILES string of the molecule is O=c1/c(=C/c2ccc(-c3cccc([N+](=O)[O-])c3)o2)sc2ncnn12. The summed E-state index contributed by atoms with van der Waals surface area (Å²) in [5.41, 5.74) is 0.316. The van der Waals surface area contributed by atoms with Crippen LogP contribution >= 0.6 is 11.3 Å². The molecule has 0 saturated carbocycles. The predicted octanol–water partition coefficient (Wildman–Crippen LogP) is 1.87. The van der Waals surface area contributed by atoms with E-state index >= 15 is 0 Å². The molecule has 4 aromatic rings. The maximum absolute atomic E-state index is 12.1. The topological polar surface area (TPSA) is 104 Å². The van der Waals surface area contributed by atoms with Crippen LogP contribution in [0.4, 0.5) is 5.69 Å². The minimum absolute atomic E-state index is 0.0122. The lowest BCUT2D eigenvalue weighted by Crippen LogP contribution is -2.23. The number of benzene rings is 1. The Bertz CT molecular complexity index is 1170. The fraction of sp³-hybridized carbons (Fsp3) is 0. The van der Waals surface area contributed by atoms with Gasteiger partial charge in [0, 0.05) is 23.8 Å². The molecule has 0 unspecified atom stereocenters. The molecule has 0 aliphatic carbocycles. The van der Waals surface area contributed by atoms with Crippen molar-refractivity contribution in [3.05, 3.63) is 73.5 Å². The van der Waals surface area contributed by atoms with Crippen LogP contribution in [0.25, 0.3) is 22.4 Å². The van der Waals surface area contributed by atoms with Crippen LogP contribution in [0.5, 0.6) is 0 Å². The summed E-state index contributed by atoms with van der Waals surface area (Å²) >= 11 is 1.21. The zero-order chi connectivity index (χ0) is 16.7. The van der Waals surface area contributed by atoms with Gasteiger partial charge in [-0.1, -0.05) is 23.5 Å². The Hall–Kier alpha value is -3.33. The van der Waals surface area contributed by atoms with Crippen molar-refractivity contribution in [1.29, 1.82) is 0 Å². The molecule has 9 heteroatoms. The molecule has 1 aromatic carbocycles. The van der Waals surface area contributed by atoms with Gasteiger partial charge in [-0.15, -0.1) is 0 Å². The fourth-order valence-corrected chi connectivity index (χ4v) is 3.13. The first-order valence-corrected chi connectivity index (χ1v) is 7.62. The van der Waals surface area contributed by atoms with E-state index in [0.717, 1.165) is 0 Å². The van der Waals surface area contributed by atoms with Gasteiger partial charge >= 0.3 is 0 Å².